The molecule has 22 heavy (non-hydrogen) atoms. The summed E-state index contributed by atoms with van der Waals surface area (Å²) >= 11 is 1.40. The Morgan fingerprint density at radius 3 is 2.55 bits per heavy atom. The molecule has 6 heteroatoms. The van der Waals surface area contributed by atoms with Gasteiger partial charge in [0.05, 0.1) is 4.88 Å². The first-order valence-corrected chi connectivity index (χ1v) is 7.92. The van der Waals surface area contributed by atoms with Crippen LogP contribution in [-0.4, -0.2) is 24.0 Å². The Morgan fingerprint density at radius 1 is 1.23 bits per heavy atom. The third-order valence-electron chi connectivity index (χ3n) is 3.40. The third kappa shape index (κ3) is 3.28. The first-order valence-electron chi connectivity index (χ1n) is 7.04. The van der Waals surface area contributed by atoms with Crippen LogP contribution in [0.1, 0.15) is 23.0 Å². The molecule has 2 N–H and O–H groups in total. The summed E-state index contributed by atoms with van der Waals surface area (Å²) in [7, 11) is 0. The number of nitrogens with one attached hydrogen (secondary N) is 2. The van der Waals surface area contributed by atoms with E-state index in [0.717, 1.165) is 5.69 Å². The summed E-state index contributed by atoms with van der Waals surface area (Å²) in [4.78, 5) is 24.2. The van der Waals surface area contributed by atoms with Crippen LogP contribution < -0.4 is 10.6 Å². The zero-order valence-corrected chi connectivity index (χ0v) is 12.9. The normalized spacial score (nSPS) is 20.5. The molecule has 0 radical (unpaired) electrons. The second kappa shape index (κ2) is 6.19. The molecule has 1 aliphatic rings. The van der Waals surface area contributed by atoms with E-state index in [0.29, 0.717) is 17.0 Å². The number of hydrogen-bond donors (Lipinski definition) is 2. The minimum atomic E-state index is -0.304. The lowest BCUT2D eigenvalue weighted by Crippen LogP contribution is -2.24. The third-order valence-corrected chi connectivity index (χ3v) is 4.27. The topological polar surface area (TPSA) is 67.4 Å². The zero-order chi connectivity index (χ0) is 15.5. The number of thiophene rings is 1. The Balaban J connectivity index is 1.61. The second-order valence-corrected chi connectivity index (χ2v) is 6.14. The number of anilines is 2. The molecule has 2 heterocycles. The summed E-state index contributed by atoms with van der Waals surface area (Å²) in [6.07, 6.45) is 0.616. The van der Waals surface area contributed by atoms with Crippen molar-refractivity contribution in [2.24, 2.45) is 0 Å². The van der Waals surface area contributed by atoms with Gasteiger partial charge in [0.1, 0.15) is 12.1 Å². The molecule has 2 aromatic rings. The lowest BCUT2D eigenvalue weighted by Gasteiger charge is -2.11. The summed E-state index contributed by atoms with van der Waals surface area (Å²) in [6, 6.07) is 10.6. The number of amides is 1. The van der Waals surface area contributed by atoms with Crippen molar-refractivity contribution < 1.29 is 14.3 Å². The van der Waals surface area contributed by atoms with Crippen molar-refractivity contribution in [2.75, 3.05) is 10.6 Å². The molecule has 5 nitrogen and oxygen atoms in total. The van der Waals surface area contributed by atoms with Crippen molar-refractivity contribution in [3.05, 3.63) is 46.7 Å². The van der Waals surface area contributed by atoms with Crippen LogP contribution in [0, 0.1) is 0 Å². The van der Waals surface area contributed by atoms with E-state index in [1.54, 1.807) is 18.2 Å². The molecule has 0 aliphatic carbocycles. The molecular weight excluding hydrogens is 300 g/mol. The quantitative estimate of drug-likeness (QED) is 0.851. The lowest BCUT2D eigenvalue weighted by atomic mass is 10.1. The lowest BCUT2D eigenvalue weighted by molar-refractivity contribution is -0.141. The summed E-state index contributed by atoms with van der Waals surface area (Å²) in [5.74, 6) is -0.341. The van der Waals surface area contributed by atoms with E-state index in [1.165, 1.54) is 11.3 Å². The highest BCUT2D eigenvalue weighted by Crippen LogP contribution is 2.21. The second-order valence-electron chi connectivity index (χ2n) is 5.19. The van der Waals surface area contributed by atoms with E-state index in [-0.39, 0.29) is 24.0 Å². The Bertz CT molecular complexity index is 667. The predicted molar refractivity (Wildman–Crippen MR) is 86.3 cm³/mol. The van der Waals surface area contributed by atoms with E-state index < -0.39 is 0 Å². The van der Waals surface area contributed by atoms with Crippen LogP contribution in [-0.2, 0) is 9.53 Å². The molecule has 0 spiro atoms. The van der Waals surface area contributed by atoms with Gasteiger partial charge in [-0.2, -0.15) is 0 Å². The number of cyclic esters (lactones) is 1. The number of hydrogen-bond acceptors (Lipinski definition) is 5. The van der Waals surface area contributed by atoms with E-state index in [4.69, 9.17) is 4.74 Å². The Morgan fingerprint density at radius 2 is 1.95 bits per heavy atom. The first kappa shape index (κ1) is 14.6. The fourth-order valence-corrected chi connectivity index (χ4v) is 2.94. The number of benzene rings is 1. The SMILES string of the molecule is C[C@@H]1C[C@H](Nc2ccc(NC(=O)c3cccs3)cc2)C(=O)O1. The fraction of sp³-hybridized carbons (Fsp3) is 0.250. The van der Waals surface area contributed by atoms with Crippen molar-refractivity contribution in [3.63, 3.8) is 0 Å². The van der Waals surface area contributed by atoms with Gasteiger partial charge >= 0.3 is 5.97 Å². The van der Waals surface area contributed by atoms with Crippen molar-refractivity contribution in [2.45, 2.75) is 25.5 Å². The standard InChI is InChI=1S/C16H16N2O3S/c1-10-9-13(16(20)21-10)17-11-4-6-12(7-5-11)18-15(19)14-3-2-8-22-14/h2-8,10,13,17H,9H2,1H3,(H,18,19)/t10-,13+/m1/s1. The van der Waals surface area contributed by atoms with Crippen molar-refractivity contribution >= 4 is 34.6 Å². The minimum absolute atomic E-state index is 0.0469. The van der Waals surface area contributed by atoms with Gasteiger partial charge in [0.25, 0.3) is 5.91 Å². The molecule has 1 aromatic carbocycles. The smallest absolute Gasteiger partial charge is 0.328 e. The number of carbonyl (C=O) groups is 2. The highest BCUT2D eigenvalue weighted by atomic mass is 32.1. The van der Waals surface area contributed by atoms with Crippen molar-refractivity contribution in [1.82, 2.24) is 0 Å². The van der Waals surface area contributed by atoms with Crippen LogP contribution in [0.15, 0.2) is 41.8 Å². The largest absolute Gasteiger partial charge is 0.461 e. The Kier molecular flexibility index (Phi) is 4.11. The predicted octanol–water partition coefficient (Wildman–Crippen LogP) is 3.12. The highest BCUT2D eigenvalue weighted by Gasteiger charge is 2.31. The van der Waals surface area contributed by atoms with Crippen LogP contribution in [0.5, 0.6) is 0 Å². The van der Waals surface area contributed by atoms with Crippen LogP contribution in [0.2, 0.25) is 0 Å². The molecule has 114 valence electrons. The van der Waals surface area contributed by atoms with E-state index in [1.807, 2.05) is 30.5 Å². The van der Waals surface area contributed by atoms with E-state index >= 15 is 0 Å². The minimum Gasteiger partial charge on any atom is -0.461 e. The van der Waals surface area contributed by atoms with Crippen LogP contribution in [0.3, 0.4) is 0 Å². The molecule has 1 amide bonds. The van der Waals surface area contributed by atoms with Crippen LogP contribution in [0.25, 0.3) is 0 Å². The Labute approximate surface area is 132 Å². The van der Waals surface area contributed by atoms with Gasteiger partial charge in [0.15, 0.2) is 0 Å². The van der Waals surface area contributed by atoms with Gasteiger partial charge in [-0.05, 0) is 42.6 Å². The monoisotopic (exact) mass is 316 g/mol. The van der Waals surface area contributed by atoms with Crippen LogP contribution in [0.4, 0.5) is 11.4 Å². The van der Waals surface area contributed by atoms with E-state index in [9.17, 15) is 9.59 Å². The molecule has 1 aliphatic heterocycles. The first-order chi connectivity index (χ1) is 10.6. The summed E-state index contributed by atoms with van der Waals surface area (Å²) in [5.41, 5.74) is 1.54. The molecule has 1 fully saturated rings. The summed E-state index contributed by atoms with van der Waals surface area (Å²) in [6.45, 7) is 1.88. The molecular formula is C16H16N2O3S. The number of carbonyl (C=O) groups excluding carboxylic acids is 2. The molecule has 0 unspecified atom stereocenters. The van der Waals surface area contributed by atoms with Crippen molar-refractivity contribution in [3.8, 4) is 0 Å². The molecule has 1 saturated heterocycles. The number of esters is 1. The van der Waals surface area contributed by atoms with Gasteiger partial charge in [-0.3, -0.25) is 4.79 Å². The molecule has 3 rings (SSSR count). The molecule has 1 aromatic heterocycles. The maximum absolute atomic E-state index is 11.9. The van der Waals surface area contributed by atoms with Gasteiger partial charge < -0.3 is 15.4 Å². The maximum Gasteiger partial charge on any atom is 0.328 e. The molecule has 0 saturated carbocycles. The van der Waals surface area contributed by atoms with Gasteiger partial charge in [-0.25, -0.2) is 4.79 Å². The molecule has 0 bridgehead atoms. The van der Waals surface area contributed by atoms with Gasteiger partial charge in [-0.1, -0.05) is 6.07 Å². The molecule has 2 atom stereocenters. The number of rotatable bonds is 4. The zero-order valence-electron chi connectivity index (χ0n) is 12.0. The summed E-state index contributed by atoms with van der Waals surface area (Å²) in [5, 5.41) is 7.84. The van der Waals surface area contributed by atoms with Gasteiger partial charge in [-0.15, -0.1) is 11.3 Å². The summed E-state index contributed by atoms with van der Waals surface area (Å²) < 4.78 is 5.11. The highest BCUT2D eigenvalue weighted by molar-refractivity contribution is 7.12. The van der Waals surface area contributed by atoms with E-state index in [2.05, 4.69) is 10.6 Å². The number of ether oxygens (including phenoxy) is 1. The van der Waals surface area contributed by atoms with Crippen molar-refractivity contribution in [1.29, 1.82) is 0 Å². The van der Waals surface area contributed by atoms with Gasteiger partial charge in [0.2, 0.25) is 0 Å². The van der Waals surface area contributed by atoms with Gasteiger partial charge in [0, 0.05) is 17.8 Å². The van der Waals surface area contributed by atoms with Crippen LogP contribution >= 0.6 is 11.3 Å². The Hall–Kier alpha value is -2.34. The fourth-order valence-electron chi connectivity index (χ4n) is 2.33. The maximum atomic E-state index is 11.9. The average Bonchev–Trinajstić information content (AvgIpc) is 3.12. The average molecular weight is 316 g/mol.